The summed E-state index contributed by atoms with van der Waals surface area (Å²) < 4.78 is 22.9. The number of fused-ring (bicyclic) bond motifs is 5. The molecule has 1 saturated heterocycles. The highest BCUT2D eigenvalue weighted by Gasteiger charge is 2.45. The molecule has 4 unspecified atom stereocenters. The second-order valence-corrected chi connectivity index (χ2v) is 5.73. The van der Waals surface area contributed by atoms with Gasteiger partial charge in [-0.1, -0.05) is 0 Å². The molecule has 1 N–H and O–H groups in total. The summed E-state index contributed by atoms with van der Waals surface area (Å²) in [6.45, 7) is 0.526. The molecule has 4 rings (SSSR count). The number of benzene rings is 1. The van der Waals surface area contributed by atoms with Gasteiger partial charge in [-0.2, -0.15) is 0 Å². The van der Waals surface area contributed by atoms with Gasteiger partial charge in [0.15, 0.2) is 0 Å². The van der Waals surface area contributed by atoms with Crippen LogP contribution in [0.2, 0.25) is 0 Å². The Morgan fingerprint density at radius 3 is 2.68 bits per heavy atom. The number of allylic oxidation sites excluding steroid dienone is 1. The quantitative estimate of drug-likeness (QED) is 0.908. The van der Waals surface area contributed by atoms with Crippen molar-refractivity contribution < 1.29 is 24.1 Å². The standard InChI is InChI=1S/C17H18O5/c1-19-15-6-11-12-8-21-13-5-9(18)3-4-10(13)17(12)22-14(11)7-16(15)20-2/h3-7,12,15-18H,8H2,1-2H3. The fourth-order valence-corrected chi connectivity index (χ4v) is 3.41. The molecule has 3 aliphatic rings. The molecule has 0 amide bonds. The van der Waals surface area contributed by atoms with Crippen LogP contribution in [0.5, 0.6) is 11.5 Å². The van der Waals surface area contributed by atoms with Gasteiger partial charge in [0, 0.05) is 31.4 Å². The molecule has 2 aliphatic heterocycles. The van der Waals surface area contributed by atoms with Crippen LogP contribution in [0.4, 0.5) is 0 Å². The van der Waals surface area contributed by atoms with Gasteiger partial charge in [-0.05, 0) is 24.3 Å². The zero-order chi connectivity index (χ0) is 15.3. The Labute approximate surface area is 128 Å². The molecule has 0 spiro atoms. The van der Waals surface area contributed by atoms with E-state index in [-0.39, 0.29) is 30.0 Å². The lowest BCUT2D eigenvalue weighted by Gasteiger charge is -2.28. The molecule has 1 fully saturated rings. The number of hydrogen-bond acceptors (Lipinski definition) is 5. The highest BCUT2D eigenvalue weighted by Crippen LogP contribution is 2.51. The second kappa shape index (κ2) is 5.04. The molecule has 0 saturated carbocycles. The van der Waals surface area contributed by atoms with Crippen molar-refractivity contribution in [3.05, 3.63) is 47.2 Å². The topological polar surface area (TPSA) is 57.2 Å². The minimum atomic E-state index is -0.149. The smallest absolute Gasteiger partial charge is 0.138 e. The van der Waals surface area contributed by atoms with Crippen LogP contribution in [0.25, 0.3) is 0 Å². The molecule has 2 heterocycles. The third kappa shape index (κ3) is 1.93. The first-order valence-electron chi connectivity index (χ1n) is 7.33. The molecule has 5 nitrogen and oxygen atoms in total. The van der Waals surface area contributed by atoms with Crippen LogP contribution in [-0.2, 0) is 14.2 Å². The third-order valence-electron chi connectivity index (χ3n) is 4.55. The fourth-order valence-electron chi connectivity index (χ4n) is 3.41. The first-order valence-corrected chi connectivity index (χ1v) is 7.33. The van der Waals surface area contributed by atoms with E-state index in [2.05, 4.69) is 6.08 Å². The van der Waals surface area contributed by atoms with E-state index in [0.717, 1.165) is 16.9 Å². The van der Waals surface area contributed by atoms with E-state index in [1.807, 2.05) is 12.1 Å². The van der Waals surface area contributed by atoms with Gasteiger partial charge in [0.25, 0.3) is 0 Å². The van der Waals surface area contributed by atoms with E-state index >= 15 is 0 Å². The summed E-state index contributed by atoms with van der Waals surface area (Å²) >= 11 is 0. The normalized spacial score (nSPS) is 31.9. The highest BCUT2D eigenvalue weighted by molar-refractivity contribution is 5.49. The van der Waals surface area contributed by atoms with Crippen molar-refractivity contribution >= 4 is 0 Å². The monoisotopic (exact) mass is 302 g/mol. The number of rotatable bonds is 2. The van der Waals surface area contributed by atoms with Gasteiger partial charge in [-0.25, -0.2) is 0 Å². The Hall–Kier alpha value is -1.98. The molecule has 4 atom stereocenters. The summed E-state index contributed by atoms with van der Waals surface area (Å²) in [6, 6.07) is 5.16. The van der Waals surface area contributed by atoms with Crippen LogP contribution in [0.3, 0.4) is 0 Å². The summed E-state index contributed by atoms with van der Waals surface area (Å²) in [5.41, 5.74) is 2.08. The third-order valence-corrected chi connectivity index (χ3v) is 4.55. The number of methoxy groups -OCH3 is 2. The maximum absolute atomic E-state index is 9.59. The molecule has 116 valence electrons. The van der Waals surface area contributed by atoms with E-state index in [4.69, 9.17) is 18.9 Å². The van der Waals surface area contributed by atoms with Crippen LogP contribution in [0.15, 0.2) is 41.7 Å². The van der Waals surface area contributed by atoms with Gasteiger partial charge in [-0.15, -0.1) is 0 Å². The van der Waals surface area contributed by atoms with Crippen molar-refractivity contribution in [2.75, 3.05) is 20.8 Å². The van der Waals surface area contributed by atoms with E-state index in [1.54, 1.807) is 26.4 Å². The van der Waals surface area contributed by atoms with Crippen molar-refractivity contribution in [2.45, 2.75) is 18.3 Å². The lowest BCUT2D eigenvalue weighted by atomic mass is 9.86. The predicted octanol–water partition coefficient (Wildman–Crippen LogP) is 2.33. The first-order chi connectivity index (χ1) is 10.7. The summed E-state index contributed by atoms with van der Waals surface area (Å²) in [4.78, 5) is 0. The van der Waals surface area contributed by atoms with E-state index in [1.165, 1.54) is 0 Å². The van der Waals surface area contributed by atoms with Crippen LogP contribution in [0, 0.1) is 5.92 Å². The van der Waals surface area contributed by atoms with Crippen LogP contribution < -0.4 is 4.74 Å². The van der Waals surface area contributed by atoms with Crippen molar-refractivity contribution in [1.82, 2.24) is 0 Å². The summed E-state index contributed by atoms with van der Waals surface area (Å²) in [7, 11) is 3.34. The average Bonchev–Trinajstić information content (AvgIpc) is 2.90. The van der Waals surface area contributed by atoms with Crippen molar-refractivity contribution in [3.63, 3.8) is 0 Å². The molecule has 1 aliphatic carbocycles. The minimum Gasteiger partial charge on any atom is -0.508 e. The molecular weight excluding hydrogens is 284 g/mol. The van der Waals surface area contributed by atoms with E-state index in [0.29, 0.717) is 12.4 Å². The molecular formula is C17H18O5. The van der Waals surface area contributed by atoms with Crippen molar-refractivity contribution in [2.24, 2.45) is 5.92 Å². The van der Waals surface area contributed by atoms with Crippen molar-refractivity contribution in [1.29, 1.82) is 0 Å². The first kappa shape index (κ1) is 13.7. The number of hydrogen-bond donors (Lipinski definition) is 1. The lowest BCUT2D eigenvalue weighted by Crippen LogP contribution is -2.31. The van der Waals surface area contributed by atoms with Crippen LogP contribution in [0.1, 0.15) is 11.7 Å². The van der Waals surface area contributed by atoms with E-state index < -0.39 is 0 Å². The molecule has 1 aromatic carbocycles. The second-order valence-electron chi connectivity index (χ2n) is 5.73. The van der Waals surface area contributed by atoms with Crippen molar-refractivity contribution in [3.8, 4) is 11.5 Å². The molecule has 0 radical (unpaired) electrons. The zero-order valence-corrected chi connectivity index (χ0v) is 12.5. The Balaban J connectivity index is 1.73. The molecule has 22 heavy (non-hydrogen) atoms. The van der Waals surface area contributed by atoms with Crippen LogP contribution in [-0.4, -0.2) is 38.1 Å². The lowest BCUT2D eigenvalue weighted by molar-refractivity contribution is 0.0102. The average molecular weight is 302 g/mol. The molecule has 0 aromatic heterocycles. The van der Waals surface area contributed by atoms with E-state index in [9.17, 15) is 5.11 Å². The van der Waals surface area contributed by atoms with Gasteiger partial charge in [0.1, 0.15) is 35.6 Å². The van der Waals surface area contributed by atoms with Gasteiger partial charge >= 0.3 is 0 Å². The largest absolute Gasteiger partial charge is 0.508 e. The number of ether oxygens (including phenoxy) is 4. The Bertz CT molecular complexity index is 663. The van der Waals surface area contributed by atoms with Gasteiger partial charge in [0.2, 0.25) is 0 Å². The fraction of sp³-hybridized carbons (Fsp3) is 0.412. The maximum Gasteiger partial charge on any atom is 0.138 e. The van der Waals surface area contributed by atoms with Gasteiger partial charge in [0.05, 0.1) is 12.5 Å². The Morgan fingerprint density at radius 2 is 1.91 bits per heavy atom. The molecule has 1 aromatic rings. The highest BCUT2D eigenvalue weighted by atomic mass is 16.5. The number of phenols is 1. The predicted molar refractivity (Wildman–Crippen MR) is 78.7 cm³/mol. The number of phenolic OH excluding ortho intramolecular Hbond substituents is 1. The zero-order valence-electron chi connectivity index (χ0n) is 12.5. The Kier molecular flexibility index (Phi) is 3.13. The Morgan fingerprint density at radius 1 is 1.14 bits per heavy atom. The van der Waals surface area contributed by atoms with Gasteiger partial charge < -0.3 is 24.1 Å². The molecule has 5 heteroatoms. The van der Waals surface area contributed by atoms with Crippen LogP contribution >= 0.6 is 0 Å². The number of aromatic hydroxyl groups is 1. The SMILES string of the molecule is COC1C=C2OC3c4ccc(O)cc4OCC3C2=CC1OC. The maximum atomic E-state index is 9.59. The molecule has 0 bridgehead atoms. The minimum absolute atomic E-state index is 0.0880. The van der Waals surface area contributed by atoms with Gasteiger partial charge in [-0.3, -0.25) is 0 Å². The summed E-state index contributed by atoms with van der Waals surface area (Å²) in [5, 5.41) is 9.59. The summed E-state index contributed by atoms with van der Waals surface area (Å²) in [6.07, 6.45) is 3.69. The summed E-state index contributed by atoms with van der Waals surface area (Å²) in [5.74, 6) is 1.87.